The first-order valence-corrected chi connectivity index (χ1v) is 13.2. The summed E-state index contributed by atoms with van der Waals surface area (Å²) < 4.78 is 0. The van der Waals surface area contributed by atoms with Gasteiger partial charge in [-0.15, -0.1) is 20.4 Å². The number of amides is 2. The minimum Gasteiger partial charge on any atom is -0.383 e. The van der Waals surface area contributed by atoms with Crippen molar-refractivity contribution >= 4 is 44.8 Å². The molecule has 0 fully saturated rings. The van der Waals surface area contributed by atoms with Crippen molar-refractivity contribution in [3.05, 3.63) is 81.8 Å². The lowest BCUT2D eigenvalue weighted by molar-refractivity contribution is -0.124. The van der Waals surface area contributed by atoms with Crippen LogP contribution in [0.5, 0.6) is 0 Å². The van der Waals surface area contributed by atoms with E-state index in [-0.39, 0.29) is 12.3 Å². The molecular formula is C25H26N6O3S2. The molecule has 0 aliphatic rings. The molecule has 0 aliphatic heterocycles. The summed E-state index contributed by atoms with van der Waals surface area (Å²) >= 11 is 2.65. The Hall–Kier alpha value is -3.54. The summed E-state index contributed by atoms with van der Waals surface area (Å²) in [5, 5.41) is 34.4. The third kappa shape index (κ3) is 8.01. The lowest BCUT2D eigenvalue weighted by Gasteiger charge is -2.09. The molecule has 2 amide bonds. The fourth-order valence-corrected chi connectivity index (χ4v) is 4.99. The van der Waals surface area contributed by atoms with Crippen molar-refractivity contribution in [3.63, 3.8) is 0 Å². The van der Waals surface area contributed by atoms with E-state index in [1.807, 2.05) is 60.7 Å². The number of anilines is 2. The Labute approximate surface area is 216 Å². The molecule has 11 heteroatoms. The van der Waals surface area contributed by atoms with Gasteiger partial charge in [0, 0.05) is 25.7 Å². The van der Waals surface area contributed by atoms with E-state index in [0.29, 0.717) is 35.9 Å². The van der Waals surface area contributed by atoms with E-state index in [0.717, 1.165) is 27.6 Å². The number of aliphatic hydroxyl groups is 1. The smallest absolute Gasteiger partial charge is 0.255 e. The van der Waals surface area contributed by atoms with Crippen molar-refractivity contribution in [1.82, 2.24) is 20.4 Å². The van der Waals surface area contributed by atoms with Crippen molar-refractivity contribution in [1.29, 1.82) is 0 Å². The second kappa shape index (κ2) is 13.0. The Bertz CT molecular complexity index is 1260. The molecule has 3 N–H and O–H groups in total. The number of rotatable bonds is 12. The van der Waals surface area contributed by atoms with Crippen LogP contribution in [0.2, 0.25) is 0 Å². The summed E-state index contributed by atoms with van der Waals surface area (Å²) in [6.45, 7) is 0. The van der Waals surface area contributed by atoms with Crippen LogP contribution in [0, 0.1) is 0 Å². The van der Waals surface area contributed by atoms with Gasteiger partial charge in [0.15, 0.2) is 0 Å². The normalized spacial score (nSPS) is 11.7. The molecule has 0 aliphatic carbocycles. The Morgan fingerprint density at radius 3 is 1.92 bits per heavy atom. The number of carbonyl (C=O) groups excluding carboxylic acids is 2. The lowest BCUT2D eigenvalue weighted by atomic mass is 10.1. The van der Waals surface area contributed by atoms with Crippen molar-refractivity contribution in [2.45, 2.75) is 44.6 Å². The second-order valence-electron chi connectivity index (χ2n) is 8.08. The number of hydrogen-bond donors (Lipinski definition) is 3. The highest BCUT2D eigenvalue weighted by molar-refractivity contribution is 7.15. The molecule has 0 saturated carbocycles. The molecule has 2 heterocycles. The predicted molar refractivity (Wildman–Crippen MR) is 140 cm³/mol. The van der Waals surface area contributed by atoms with Crippen molar-refractivity contribution in [2.24, 2.45) is 0 Å². The molecule has 2 aromatic heterocycles. The van der Waals surface area contributed by atoms with E-state index in [1.165, 1.54) is 22.7 Å². The first-order valence-electron chi connectivity index (χ1n) is 11.6. The molecule has 186 valence electrons. The van der Waals surface area contributed by atoms with Crippen LogP contribution in [0.4, 0.5) is 10.3 Å². The van der Waals surface area contributed by atoms with Gasteiger partial charge in [-0.1, -0.05) is 83.3 Å². The number of nitrogens with zero attached hydrogens (tertiary/aromatic N) is 4. The molecule has 0 spiro atoms. The molecule has 0 bridgehead atoms. The topological polar surface area (TPSA) is 130 Å². The van der Waals surface area contributed by atoms with Crippen LogP contribution in [0.15, 0.2) is 60.7 Å². The number of aromatic nitrogens is 4. The van der Waals surface area contributed by atoms with Gasteiger partial charge in [0.25, 0.3) is 5.91 Å². The van der Waals surface area contributed by atoms with Gasteiger partial charge in [-0.05, 0) is 24.0 Å². The highest BCUT2D eigenvalue weighted by Gasteiger charge is 2.18. The van der Waals surface area contributed by atoms with Crippen LogP contribution in [0.25, 0.3) is 0 Å². The predicted octanol–water partition coefficient (Wildman–Crippen LogP) is 3.68. The average Bonchev–Trinajstić information content (AvgIpc) is 3.53. The zero-order valence-corrected chi connectivity index (χ0v) is 21.1. The minimum absolute atomic E-state index is 0.0844. The van der Waals surface area contributed by atoms with Gasteiger partial charge >= 0.3 is 0 Å². The Morgan fingerprint density at radius 2 is 1.31 bits per heavy atom. The van der Waals surface area contributed by atoms with Gasteiger partial charge in [0.1, 0.15) is 16.1 Å². The van der Waals surface area contributed by atoms with Crippen LogP contribution >= 0.6 is 22.7 Å². The van der Waals surface area contributed by atoms with E-state index >= 15 is 0 Å². The summed E-state index contributed by atoms with van der Waals surface area (Å²) in [4.78, 5) is 24.4. The molecule has 9 nitrogen and oxygen atoms in total. The number of hydrogen-bond acceptors (Lipinski definition) is 9. The quantitative estimate of drug-likeness (QED) is 0.259. The maximum absolute atomic E-state index is 12.3. The van der Waals surface area contributed by atoms with Gasteiger partial charge in [-0.3, -0.25) is 14.9 Å². The Balaban J connectivity index is 1.16. The van der Waals surface area contributed by atoms with E-state index in [9.17, 15) is 14.7 Å². The Morgan fingerprint density at radius 1 is 0.750 bits per heavy atom. The van der Waals surface area contributed by atoms with Gasteiger partial charge in [-0.2, -0.15) is 0 Å². The number of aryl methyl sites for hydroxylation is 3. The number of carbonyl (C=O) groups is 2. The third-order valence-electron chi connectivity index (χ3n) is 5.25. The summed E-state index contributed by atoms with van der Waals surface area (Å²) in [5.74, 6) is -0.590. The maximum atomic E-state index is 12.3. The summed E-state index contributed by atoms with van der Waals surface area (Å²) in [7, 11) is 0. The van der Waals surface area contributed by atoms with Crippen molar-refractivity contribution in [3.8, 4) is 0 Å². The van der Waals surface area contributed by atoms with E-state index in [4.69, 9.17) is 0 Å². The molecule has 1 atom stereocenters. The summed E-state index contributed by atoms with van der Waals surface area (Å²) in [5.41, 5.74) is 2.00. The van der Waals surface area contributed by atoms with E-state index < -0.39 is 12.0 Å². The zero-order chi connectivity index (χ0) is 25.2. The maximum Gasteiger partial charge on any atom is 0.255 e. The van der Waals surface area contributed by atoms with Crippen LogP contribution < -0.4 is 10.6 Å². The average molecular weight is 523 g/mol. The highest BCUT2D eigenvalue weighted by atomic mass is 32.1. The van der Waals surface area contributed by atoms with Crippen LogP contribution in [-0.2, 0) is 35.3 Å². The minimum atomic E-state index is -1.16. The van der Waals surface area contributed by atoms with Crippen molar-refractivity contribution < 1.29 is 14.7 Å². The molecule has 0 radical (unpaired) electrons. The molecular weight excluding hydrogens is 496 g/mol. The highest BCUT2D eigenvalue weighted by Crippen LogP contribution is 2.21. The number of benzene rings is 2. The van der Waals surface area contributed by atoms with Gasteiger partial charge in [-0.25, -0.2) is 0 Å². The second-order valence-corrected chi connectivity index (χ2v) is 10.2. The molecule has 36 heavy (non-hydrogen) atoms. The van der Waals surface area contributed by atoms with Crippen molar-refractivity contribution in [2.75, 3.05) is 10.6 Å². The van der Waals surface area contributed by atoms with Crippen LogP contribution in [0.1, 0.15) is 34.0 Å². The van der Waals surface area contributed by atoms with Gasteiger partial charge in [0.05, 0.1) is 0 Å². The molecule has 0 saturated heterocycles. The standard InChI is InChI=1S/C25H26N6O3S2/c32-19(16-18-10-5-2-6-11-18)23(34)27-25-31-29-22(36-25)13-7-12-21-28-30-24(35-21)26-20(33)15-14-17-8-3-1-4-9-17/h1-6,8-11,19,32H,7,12-16H2,(H,26,30,33)(H,27,31,34). The number of nitrogens with one attached hydrogen (secondary N) is 2. The summed E-state index contributed by atoms with van der Waals surface area (Å²) in [6.07, 6.45) is 2.26. The molecule has 2 aromatic carbocycles. The molecule has 4 aromatic rings. The monoisotopic (exact) mass is 522 g/mol. The third-order valence-corrected chi connectivity index (χ3v) is 7.05. The molecule has 1 unspecified atom stereocenters. The first kappa shape index (κ1) is 25.5. The fraction of sp³-hybridized carbons (Fsp3) is 0.280. The van der Waals surface area contributed by atoms with Gasteiger partial charge in [0.2, 0.25) is 16.2 Å². The van der Waals surface area contributed by atoms with Gasteiger partial charge < -0.3 is 10.4 Å². The van der Waals surface area contributed by atoms with E-state index in [1.54, 1.807) is 0 Å². The Kier molecular flexibility index (Phi) is 9.20. The zero-order valence-electron chi connectivity index (χ0n) is 19.5. The van der Waals surface area contributed by atoms with E-state index in [2.05, 4.69) is 31.0 Å². The number of aliphatic hydroxyl groups excluding tert-OH is 1. The molecule has 4 rings (SSSR count). The lowest BCUT2D eigenvalue weighted by Crippen LogP contribution is -2.29. The largest absolute Gasteiger partial charge is 0.383 e. The van der Waals surface area contributed by atoms with Crippen LogP contribution in [0.3, 0.4) is 0 Å². The summed E-state index contributed by atoms with van der Waals surface area (Å²) in [6, 6.07) is 19.2. The first-order chi connectivity index (χ1) is 17.5. The SMILES string of the molecule is O=C(CCc1ccccc1)Nc1nnc(CCCc2nnc(NC(=O)C(O)Cc3ccccc3)s2)s1. The fourth-order valence-electron chi connectivity index (χ4n) is 3.40. The van der Waals surface area contributed by atoms with Crippen LogP contribution in [-0.4, -0.2) is 43.4 Å².